The minimum atomic E-state index is -0.847. The van der Waals surface area contributed by atoms with E-state index in [2.05, 4.69) is 0 Å². The summed E-state index contributed by atoms with van der Waals surface area (Å²) in [4.78, 5) is 26.8. The Bertz CT molecular complexity index is 1650. The van der Waals surface area contributed by atoms with Gasteiger partial charge in [-0.2, -0.15) is 0 Å². The predicted molar refractivity (Wildman–Crippen MR) is 185 cm³/mol. The third kappa shape index (κ3) is 6.27. The van der Waals surface area contributed by atoms with Crippen LogP contribution in [0.4, 0.5) is 0 Å². The minimum Gasteiger partial charge on any atom is -0.482 e. The fourth-order valence-corrected chi connectivity index (χ4v) is 6.61. The van der Waals surface area contributed by atoms with Crippen LogP contribution in [0.1, 0.15) is 71.2 Å². The first-order valence-corrected chi connectivity index (χ1v) is 16.4. The van der Waals surface area contributed by atoms with E-state index in [0.29, 0.717) is 35.5 Å². The van der Waals surface area contributed by atoms with E-state index in [1.807, 2.05) is 125 Å². The van der Waals surface area contributed by atoms with Crippen LogP contribution in [0.2, 0.25) is 0 Å². The molecule has 4 aromatic carbocycles. The van der Waals surface area contributed by atoms with E-state index in [0.717, 1.165) is 44.5 Å². The highest BCUT2D eigenvalue weighted by Gasteiger charge is 2.46. The van der Waals surface area contributed by atoms with Crippen LogP contribution in [-0.2, 0) is 39.7 Å². The molecular weight excluding hydrogens is 600 g/mol. The topological polar surface area (TPSA) is 71.1 Å². The van der Waals surface area contributed by atoms with Gasteiger partial charge >= 0.3 is 11.9 Å². The van der Waals surface area contributed by atoms with Gasteiger partial charge < -0.3 is 18.9 Å². The largest absolute Gasteiger partial charge is 0.482 e. The lowest BCUT2D eigenvalue weighted by molar-refractivity contribution is -0.147. The maximum atomic E-state index is 13.4. The first-order chi connectivity index (χ1) is 23.0. The Morgan fingerprint density at radius 2 is 0.729 bits per heavy atom. The quantitative estimate of drug-likeness (QED) is 0.135. The summed E-state index contributed by atoms with van der Waals surface area (Å²) in [5.41, 5.74) is 7.64. The fraction of sp³-hybridized carbons (Fsp3) is 0.286. The Morgan fingerprint density at radius 3 is 0.979 bits per heavy atom. The van der Waals surface area contributed by atoms with Crippen molar-refractivity contribution in [1.29, 1.82) is 0 Å². The lowest BCUT2D eigenvalue weighted by Gasteiger charge is -2.31. The monoisotopic (exact) mass is 642 g/mol. The highest BCUT2D eigenvalue weighted by Crippen LogP contribution is 2.48. The van der Waals surface area contributed by atoms with Gasteiger partial charge in [-0.1, -0.05) is 119 Å². The molecule has 246 valence electrons. The van der Waals surface area contributed by atoms with Crippen molar-refractivity contribution in [3.8, 4) is 0 Å². The van der Waals surface area contributed by atoms with Crippen molar-refractivity contribution >= 4 is 11.9 Å². The zero-order chi connectivity index (χ0) is 34.1. The summed E-state index contributed by atoms with van der Waals surface area (Å²) >= 11 is 0. The SMILES string of the molecule is CC1=C(C(=O)OCCOC(=O)C2=C(C)OC(c3ccc(C)cc3)(c3ccc(C)cc3)C2)CC(c2ccc(C)cc2)(c2ccc(C)cc2)O1. The van der Waals surface area contributed by atoms with Crippen molar-refractivity contribution in [2.75, 3.05) is 13.2 Å². The van der Waals surface area contributed by atoms with Gasteiger partial charge in [0.2, 0.25) is 0 Å². The molecule has 0 aliphatic carbocycles. The Morgan fingerprint density at radius 1 is 0.479 bits per heavy atom. The highest BCUT2D eigenvalue weighted by atomic mass is 16.6. The Kier molecular flexibility index (Phi) is 9.02. The normalized spacial score (nSPS) is 16.4. The van der Waals surface area contributed by atoms with Gasteiger partial charge in [-0.15, -0.1) is 0 Å². The van der Waals surface area contributed by atoms with Gasteiger partial charge in [-0.05, 0) is 41.5 Å². The molecule has 2 aliphatic heterocycles. The molecule has 0 spiro atoms. The summed E-state index contributed by atoms with van der Waals surface area (Å²) in [6.07, 6.45) is 0.653. The number of carbonyl (C=O) groups is 2. The number of allylic oxidation sites excluding steroid dienone is 2. The second-order valence-electron chi connectivity index (χ2n) is 13.0. The molecule has 0 unspecified atom stereocenters. The van der Waals surface area contributed by atoms with Gasteiger partial charge in [0, 0.05) is 35.1 Å². The number of hydrogen-bond acceptors (Lipinski definition) is 6. The summed E-state index contributed by atoms with van der Waals surface area (Å²) < 4.78 is 24.4. The van der Waals surface area contributed by atoms with Crippen LogP contribution in [-0.4, -0.2) is 25.2 Å². The van der Waals surface area contributed by atoms with Gasteiger partial charge in [0.25, 0.3) is 0 Å². The summed E-state index contributed by atoms with van der Waals surface area (Å²) in [5.74, 6) is 0.0696. The summed E-state index contributed by atoms with van der Waals surface area (Å²) in [7, 11) is 0. The number of rotatable bonds is 9. The molecule has 6 nitrogen and oxygen atoms in total. The number of benzene rings is 4. The average molecular weight is 643 g/mol. The molecule has 6 heteroatoms. The third-order valence-electron chi connectivity index (χ3n) is 9.47. The van der Waals surface area contributed by atoms with Gasteiger partial charge in [0.15, 0.2) is 11.2 Å². The number of carbonyl (C=O) groups excluding carboxylic acids is 2. The van der Waals surface area contributed by atoms with E-state index in [-0.39, 0.29) is 13.2 Å². The van der Waals surface area contributed by atoms with E-state index in [9.17, 15) is 9.59 Å². The highest BCUT2D eigenvalue weighted by molar-refractivity contribution is 5.91. The molecule has 6 rings (SSSR count). The Hall–Kier alpha value is -5.10. The number of esters is 2. The first kappa shape index (κ1) is 32.8. The number of ether oxygens (including phenoxy) is 4. The van der Waals surface area contributed by atoms with E-state index >= 15 is 0 Å². The molecule has 0 saturated heterocycles. The van der Waals surface area contributed by atoms with E-state index in [4.69, 9.17) is 18.9 Å². The van der Waals surface area contributed by atoms with Crippen molar-refractivity contribution in [2.24, 2.45) is 0 Å². The molecule has 0 bridgehead atoms. The zero-order valence-corrected chi connectivity index (χ0v) is 28.5. The molecule has 2 heterocycles. The van der Waals surface area contributed by atoms with Crippen molar-refractivity contribution in [3.05, 3.63) is 164 Å². The Labute approximate surface area is 283 Å². The van der Waals surface area contributed by atoms with Crippen LogP contribution >= 0.6 is 0 Å². The van der Waals surface area contributed by atoms with E-state index in [1.165, 1.54) is 0 Å². The van der Waals surface area contributed by atoms with Crippen molar-refractivity contribution in [1.82, 2.24) is 0 Å². The molecule has 0 saturated carbocycles. The van der Waals surface area contributed by atoms with Crippen LogP contribution in [0.3, 0.4) is 0 Å². The second-order valence-corrected chi connectivity index (χ2v) is 13.0. The van der Waals surface area contributed by atoms with Gasteiger partial charge in [0.05, 0.1) is 11.1 Å². The van der Waals surface area contributed by atoms with Crippen LogP contribution in [0.25, 0.3) is 0 Å². The summed E-state index contributed by atoms with van der Waals surface area (Å²) in [6.45, 7) is 11.6. The van der Waals surface area contributed by atoms with Crippen molar-refractivity contribution < 1.29 is 28.5 Å². The smallest absolute Gasteiger partial charge is 0.337 e. The summed E-state index contributed by atoms with van der Waals surface area (Å²) in [5, 5.41) is 0. The van der Waals surface area contributed by atoms with Gasteiger partial charge in [-0.3, -0.25) is 0 Å². The maximum absolute atomic E-state index is 13.4. The van der Waals surface area contributed by atoms with Gasteiger partial charge in [-0.25, -0.2) is 9.59 Å². The molecule has 0 atom stereocenters. The maximum Gasteiger partial charge on any atom is 0.337 e. The fourth-order valence-electron chi connectivity index (χ4n) is 6.61. The van der Waals surface area contributed by atoms with Crippen LogP contribution in [0.15, 0.2) is 120 Å². The molecule has 0 radical (unpaired) electrons. The number of hydrogen-bond donors (Lipinski definition) is 0. The van der Waals surface area contributed by atoms with E-state index < -0.39 is 23.1 Å². The molecule has 0 aromatic heterocycles. The predicted octanol–water partition coefficient (Wildman–Crippen LogP) is 8.58. The van der Waals surface area contributed by atoms with Crippen LogP contribution in [0.5, 0.6) is 0 Å². The first-order valence-electron chi connectivity index (χ1n) is 16.4. The Balaban J connectivity index is 1.11. The molecule has 48 heavy (non-hydrogen) atoms. The molecule has 0 fully saturated rings. The minimum absolute atomic E-state index is 0.0856. The van der Waals surface area contributed by atoms with Gasteiger partial charge in [0.1, 0.15) is 24.7 Å². The molecule has 0 amide bonds. The molecule has 2 aliphatic rings. The molecular formula is C42H42O6. The third-order valence-corrected chi connectivity index (χ3v) is 9.47. The van der Waals surface area contributed by atoms with Crippen LogP contribution in [0, 0.1) is 27.7 Å². The number of aryl methyl sites for hydroxylation is 4. The second kappa shape index (κ2) is 13.2. The zero-order valence-electron chi connectivity index (χ0n) is 28.5. The lowest BCUT2D eigenvalue weighted by Crippen LogP contribution is -2.28. The summed E-state index contributed by atoms with van der Waals surface area (Å²) in [6, 6.07) is 32.8. The molecule has 4 aromatic rings. The van der Waals surface area contributed by atoms with Crippen LogP contribution < -0.4 is 0 Å². The van der Waals surface area contributed by atoms with Crippen molar-refractivity contribution in [2.45, 2.75) is 65.6 Å². The lowest BCUT2D eigenvalue weighted by atomic mass is 9.82. The average Bonchev–Trinajstić information content (AvgIpc) is 3.62. The molecule has 0 N–H and O–H groups in total. The van der Waals surface area contributed by atoms with Crippen molar-refractivity contribution in [3.63, 3.8) is 0 Å². The van der Waals surface area contributed by atoms with E-state index in [1.54, 1.807) is 13.8 Å². The standard InChI is InChI=1S/C42H42O6/c1-27-7-15-33(16-8-27)41(34-17-9-28(2)10-18-34)25-37(31(5)47-41)39(43)45-23-24-46-40(44)38-26-42(48-32(38)6,35-19-11-29(3)12-20-35)36-21-13-30(4)14-22-36/h7-22H,23-26H2,1-6H3.